The molecule has 3 atom stereocenters. The molecular weight excluding hydrogens is 226 g/mol. The Bertz CT molecular complexity index is 367. The first-order chi connectivity index (χ1) is 8.71. The normalized spacial score (nSPS) is 28.3. The van der Waals surface area contributed by atoms with Gasteiger partial charge in [0.25, 0.3) is 0 Å². The first-order valence-electron chi connectivity index (χ1n) is 7.01. The number of hydrogen-bond acceptors (Lipinski definition) is 3. The van der Waals surface area contributed by atoms with E-state index in [9.17, 15) is 0 Å². The topological polar surface area (TPSA) is 53.1 Å². The Morgan fingerprint density at radius 1 is 1.50 bits per heavy atom. The van der Waals surface area contributed by atoms with E-state index >= 15 is 0 Å². The van der Waals surface area contributed by atoms with E-state index in [-0.39, 0.29) is 0 Å². The van der Waals surface area contributed by atoms with Crippen molar-refractivity contribution in [3.05, 3.63) is 11.9 Å². The van der Waals surface area contributed by atoms with E-state index < -0.39 is 0 Å². The Morgan fingerprint density at radius 2 is 2.28 bits per heavy atom. The predicted molar refractivity (Wildman–Crippen MR) is 72.8 cm³/mol. The van der Waals surface area contributed by atoms with Gasteiger partial charge in [0.15, 0.2) is 5.75 Å². The number of aryl methyl sites for hydroxylation is 1. The van der Waals surface area contributed by atoms with Crippen molar-refractivity contribution in [2.45, 2.75) is 45.6 Å². The lowest BCUT2D eigenvalue weighted by Crippen LogP contribution is -2.30. The molecule has 4 heteroatoms. The first-order valence-corrected chi connectivity index (χ1v) is 7.01. The molecule has 102 valence electrons. The third-order valence-electron chi connectivity index (χ3n) is 4.27. The van der Waals surface area contributed by atoms with Crippen molar-refractivity contribution in [3.63, 3.8) is 0 Å². The number of hydrogen-bond donors (Lipinski definition) is 1. The summed E-state index contributed by atoms with van der Waals surface area (Å²) in [6.07, 6.45) is 5.55. The smallest absolute Gasteiger partial charge is 0.160 e. The molecule has 0 aromatic carbocycles. The molecule has 2 N–H and O–H groups in total. The summed E-state index contributed by atoms with van der Waals surface area (Å²) in [5, 5.41) is 4.43. The molecule has 2 rings (SSSR count). The third kappa shape index (κ3) is 2.39. The van der Waals surface area contributed by atoms with Crippen LogP contribution in [0.15, 0.2) is 6.20 Å². The summed E-state index contributed by atoms with van der Waals surface area (Å²) in [6, 6.07) is 0. The summed E-state index contributed by atoms with van der Waals surface area (Å²) < 4.78 is 7.56. The summed E-state index contributed by atoms with van der Waals surface area (Å²) >= 11 is 0. The Kier molecular flexibility index (Phi) is 4.27. The van der Waals surface area contributed by atoms with E-state index in [1.54, 1.807) is 7.11 Å². The van der Waals surface area contributed by atoms with Crippen LogP contribution in [0.4, 0.5) is 0 Å². The van der Waals surface area contributed by atoms with Crippen molar-refractivity contribution in [3.8, 4) is 5.75 Å². The van der Waals surface area contributed by atoms with Crippen LogP contribution in [0.2, 0.25) is 0 Å². The highest BCUT2D eigenvalue weighted by Crippen LogP contribution is 2.43. The average molecular weight is 251 g/mol. The zero-order valence-corrected chi connectivity index (χ0v) is 11.7. The standard InChI is InChI=1S/C14H25N3O/c1-4-17-14(13(18-3)9-16-17)12-7-10(2)5-6-11(12)8-15/h9-12H,4-8,15H2,1-3H3. The van der Waals surface area contributed by atoms with Gasteiger partial charge in [-0.1, -0.05) is 13.3 Å². The van der Waals surface area contributed by atoms with Crippen molar-refractivity contribution in [1.29, 1.82) is 0 Å². The molecule has 0 radical (unpaired) electrons. The third-order valence-corrected chi connectivity index (χ3v) is 4.27. The molecule has 1 fully saturated rings. The fraction of sp³-hybridized carbons (Fsp3) is 0.786. The van der Waals surface area contributed by atoms with Gasteiger partial charge in [0.2, 0.25) is 0 Å². The number of methoxy groups -OCH3 is 1. The van der Waals surface area contributed by atoms with Crippen LogP contribution in [0.1, 0.15) is 44.7 Å². The van der Waals surface area contributed by atoms with Crippen molar-refractivity contribution in [2.24, 2.45) is 17.6 Å². The SMILES string of the molecule is CCn1ncc(OC)c1C1CC(C)CCC1CN. The number of nitrogens with zero attached hydrogens (tertiary/aromatic N) is 2. The van der Waals surface area contributed by atoms with Crippen LogP contribution in [0.25, 0.3) is 0 Å². The van der Waals surface area contributed by atoms with Crippen LogP contribution in [0, 0.1) is 11.8 Å². The van der Waals surface area contributed by atoms with Crippen LogP contribution in [-0.2, 0) is 6.54 Å². The lowest BCUT2D eigenvalue weighted by Gasteiger charge is -2.34. The number of nitrogens with two attached hydrogens (primary N) is 1. The van der Waals surface area contributed by atoms with Gasteiger partial charge in [-0.25, -0.2) is 0 Å². The first kappa shape index (κ1) is 13.4. The molecule has 0 spiro atoms. The molecule has 0 aliphatic heterocycles. The van der Waals surface area contributed by atoms with Crippen molar-refractivity contribution in [1.82, 2.24) is 9.78 Å². The summed E-state index contributed by atoms with van der Waals surface area (Å²) in [7, 11) is 1.73. The molecule has 1 heterocycles. The van der Waals surface area contributed by atoms with Crippen molar-refractivity contribution in [2.75, 3.05) is 13.7 Å². The summed E-state index contributed by atoms with van der Waals surface area (Å²) in [6.45, 7) is 6.11. The molecule has 1 saturated carbocycles. The van der Waals surface area contributed by atoms with Gasteiger partial charge in [-0.15, -0.1) is 0 Å². The van der Waals surface area contributed by atoms with Crippen LogP contribution >= 0.6 is 0 Å². The van der Waals surface area contributed by atoms with E-state index in [0.717, 1.165) is 24.8 Å². The number of aromatic nitrogens is 2. The summed E-state index contributed by atoms with van der Waals surface area (Å²) in [5.74, 6) is 2.75. The summed E-state index contributed by atoms with van der Waals surface area (Å²) in [4.78, 5) is 0. The van der Waals surface area contributed by atoms with Crippen LogP contribution in [0.3, 0.4) is 0 Å². The Balaban J connectivity index is 2.34. The van der Waals surface area contributed by atoms with Crippen LogP contribution < -0.4 is 10.5 Å². The van der Waals surface area contributed by atoms with Crippen molar-refractivity contribution >= 4 is 0 Å². The molecule has 0 bridgehead atoms. The lowest BCUT2D eigenvalue weighted by molar-refractivity contribution is 0.239. The second kappa shape index (κ2) is 5.74. The molecule has 1 aromatic rings. The van der Waals surface area contributed by atoms with E-state index in [4.69, 9.17) is 10.5 Å². The second-order valence-corrected chi connectivity index (χ2v) is 5.43. The maximum Gasteiger partial charge on any atom is 0.160 e. The molecule has 1 aliphatic rings. The monoisotopic (exact) mass is 251 g/mol. The van der Waals surface area contributed by atoms with Gasteiger partial charge in [0.1, 0.15) is 0 Å². The van der Waals surface area contributed by atoms with Gasteiger partial charge >= 0.3 is 0 Å². The highest BCUT2D eigenvalue weighted by atomic mass is 16.5. The van der Waals surface area contributed by atoms with Gasteiger partial charge in [0.05, 0.1) is 19.0 Å². The van der Waals surface area contributed by atoms with Crippen molar-refractivity contribution < 1.29 is 4.74 Å². The molecule has 0 amide bonds. The zero-order chi connectivity index (χ0) is 13.1. The van der Waals surface area contributed by atoms with E-state index in [1.165, 1.54) is 25.0 Å². The van der Waals surface area contributed by atoms with Gasteiger partial charge in [-0.3, -0.25) is 4.68 Å². The largest absolute Gasteiger partial charge is 0.493 e. The van der Waals surface area contributed by atoms with E-state index in [0.29, 0.717) is 11.8 Å². The minimum absolute atomic E-state index is 0.496. The van der Waals surface area contributed by atoms with Gasteiger partial charge in [0, 0.05) is 12.5 Å². The van der Waals surface area contributed by atoms with Gasteiger partial charge in [-0.2, -0.15) is 5.10 Å². The molecule has 1 aliphatic carbocycles. The van der Waals surface area contributed by atoms with E-state index in [1.807, 2.05) is 6.20 Å². The predicted octanol–water partition coefficient (Wildman–Crippen LogP) is 2.39. The second-order valence-electron chi connectivity index (χ2n) is 5.43. The minimum Gasteiger partial charge on any atom is -0.493 e. The fourth-order valence-electron chi connectivity index (χ4n) is 3.22. The highest BCUT2D eigenvalue weighted by Gasteiger charge is 2.33. The minimum atomic E-state index is 0.496. The zero-order valence-electron chi connectivity index (χ0n) is 11.7. The number of rotatable bonds is 4. The molecule has 3 unspecified atom stereocenters. The van der Waals surface area contributed by atoms with Crippen LogP contribution in [0.5, 0.6) is 5.75 Å². The number of ether oxygens (including phenoxy) is 1. The molecule has 0 saturated heterocycles. The maximum absolute atomic E-state index is 5.96. The Hall–Kier alpha value is -1.03. The molecule has 18 heavy (non-hydrogen) atoms. The van der Waals surface area contributed by atoms with Crippen LogP contribution in [-0.4, -0.2) is 23.4 Å². The average Bonchev–Trinajstić information content (AvgIpc) is 2.81. The maximum atomic E-state index is 5.96. The fourth-order valence-corrected chi connectivity index (χ4v) is 3.22. The Morgan fingerprint density at radius 3 is 2.89 bits per heavy atom. The molecule has 4 nitrogen and oxygen atoms in total. The van der Waals surface area contributed by atoms with Gasteiger partial charge in [-0.05, 0) is 38.1 Å². The van der Waals surface area contributed by atoms with E-state index in [2.05, 4.69) is 23.6 Å². The highest BCUT2D eigenvalue weighted by molar-refractivity contribution is 5.30. The molecular formula is C14H25N3O. The quantitative estimate of drug-likeness (QED) is 0.894. The van der Waals surface area contributed by atoms with Gasteiger partial charge < -0.3 is 10.5 Å². The summed E-state index contributed by atoms with van der Waals surface area (Å²) in [5.41, 5.74) is 7.21. The molecule has 1 aromatic heterocycles. The Labute approximate surface area is 110 Å². The lowest BCUT2D eigenvalue weighted by atomic mass is 9.73.